The summed E-state index contributed by atoms with van der Waals surface area (Å²) in [6, 6.07) is 155. The number of rotatable bonds is 12. The molecule has 24 rings (SSSR count). The molecule has 0 amide bonds. The Hall–Kier alpha value is -14.8. The number of nitrogens with zero attached hydrogens (tertiary/aromatic N) is 6. The van der Waals surface area contributed by atoms with Crippen LogP contribution in [0.3, 0.4) is 0 Å². The summed E-state index contributed by atoms with van der Waals surface area (Å²) in [6.45, 7) is 0. The van der Waals surface area contributed by atoms with Gasteiger partial charge in [0, 0.05) is 117 Å². The van der Waals surface area contributed by atoms with Crippen LogP contribution in [0.5, 0.6) is 0 Å². The normalized spacial score (nSPS) is 11.8. The van der Waals surface area contributed by atoms with Crippen molar-refractivity contribution in [3.8, 4) is 45.0 Å². The molecule has 0 aliphatic carbocycles. The van der Waals surface area contributed by atoms with E-state index < -0.39 is 0 Å². The summed E-state index contributed by atoms with van der Waals surface area (Å²) >= 11 is 3.71. The molecule has 0 aliphatic rings. The van der Waals surface area contributed by atoms with Crippen LogP contribution in [0.15, 0.2) is 425 Å². The predicted molar refractivity (Wildman–Crippen MR) is 496 cm³/mol. The zero-order valence-electron chi connectivity index (χ0n) is 62.9. The van der Waals surface area contributed by atoms with Gasteiger partial charge >= 0.3 is 0 Å². The first-order chi connectivity index (χ1) is 57.6. The van der Waals surface area contributed by atoms with Crippen LogP contribution in [0.25, 0.3) is 173 Å². The summed E-state index contributed by atoms with van der Waals surface area (Å²) < 4.78 is 15.0. The van der Waals surface area contributed by atoms with Crippen LogP contribution in [0, 0.1) is 0 Å². The zero-order chi connectivity index (χ0) is 76.3. The summed E-state index contributed by atoms with van der Waals surface area (Å²) in [6.07, 6.45) is 0. The van der Waals surface area contributed by atoms with Gasteiger partial charge in [-0.3, -0.25) is 0 Å². The maximum absolute atomic E-state index is 2.49. The lowest BCUT2D eigenvalue weighted by Gasteiger charge is -2.29. The van der Waals surface area contributed by atoms with Crippen LogP contribution in [-0.4, -0.2) is 18.3 Å². The molecule has 0 saturated heterocycles. The van der Waals surface area contributed by atoms with E-state index >= 15 is 0 Å². The Kier molecular flexibility index (Phi) is 15.9. The maximum Gasteiger partial charge on any atom is 0.0583 e. The maximum atomic E-state index is 2.49. The Morgan fingerprint density at radius 3 is 1.03 bits per heavy atom. The smallest absolute Gasteiger partial charge is 0.0583 e. The first-order valence-electron chi connectivity index (χ1n) is 39.5. The third-order valence-corrected chi connectivity index (χ3v) is 25.6. The van der Waals surface area contributed by atoms with Crippen molar-refractivity contribution in [1.82, 2.24) is 18.3 Å². The van der Waals surface area contributed by atoms with Gasteiger partial charge in [0.05, 0.1) is 72.6 Å². The lowest BCUT2D eigenvalue weighted by Crippen LogP contribution is -2.12. The van der Waals surface area contributed by atoms with Gasteiger partial charge in [0.25, 0.3) is 0 Å². The molecule has 0 N–H and O–H groups in total. The lowest BCUT2D eigenvalue weighted by atomic mass is 10.0. The van der Waals surface area contributed by atoms with Crippen LogP contribution < -0.4 is 9.80 Å². The molecular formula is C108H70N6S2. The van der Waals surface area contributed by atoms with Gasteiger partial charge in [-0.15, -0.1) is 22.7 Å². The Balaban J connectivity index is 0.000000137. The molecule has 116 heavy (non-hydrogen) atoms. The third-order valence-electron chi connectivity index (χ3n) is 23.4. The Labute approximate surface area is 677 Å². The Morgan fingerprint density at radius 2 is 0.526 bits per heavy atom. The minimum absolute atomic E-state index is 1.08. The van der Waals surface area contributed by atoms with Crippen LogP contribution in [0.4, 0.5) is 34.1 Å². The highest BCUT2D eigenvalue weighted by atomic mass is 32.1. The number of benzene rings is 18. The first kappa shape index (κ1) is 66.9. The molecule has 24 aromatic rings. The van der Waals surface area contributed by atoms with Gasteiger partial charge < -0.3 is 28.1 Å². The summed E-state index contributed by atoms with van der Waals surface area (Å²) in [5.74, 6) is 0. The van der Waals surface area contributed by atoms with Gasteiger partial charge in [-0.25, -0.2) is 0 Å². The van der Waals surface area contributed by atoms with Crippen molar-refractivity contribution in [3.63, 3.8) is 0 Å². The third kappa shape index (κ3) is 10.9. The molecule has 0 aliphatic heterocycles. The molecule has 0 bridgehead atoms. The number of hydrogen-bond acceptors (Lipinski definition) is 4. The monoisotopic (exact) mass is 1510 g/mol. The van der Waals surface area contributed by atoms with Crippen molar-refractivity contribution in [2.24, 2.45) is 0 Å². The van der Waals surface area contributed by atoms with E-state index in [9.17, 15) is 0 Å². The molecule has 8 heteroatoms. The van der Waals surface area contributed by atoms with E-state index in [1.165, 1.54) is 139 Å². The summed E-state index contributed by atoms with van der Waals surface area (Å²) in [7, 11) is 0. The fourth-order valence-electron chi connectivity index (χ4n) is 18.3. The van der Waals surface area contributed by atoms with Gasteiger partial charge in [0.1, 0.15) is 0 Å². The largest absolute Gasteiger partial charge is 0.310 e. The molecule has 6 heterocycles. The quantitative estimate of drug-likeness (QED) is 0.122. The molecule has 18 aromatic carbocycles. The standard InChI is InChI=1S/2C54H35N3S/c1-3-17-36(18-4-1)40-21-7-12-26-46(40)55(38-31-32-44-43-24-11-16-30-52(43)58-53(44)35-38)39-33-50-54(45-25-10-15-29-49(45)56(50)37-19-5-2-6-20-37)51(34-39)57-47-27-13-8-22-41(47)42-23-9-14-28-48(42)57;1-3-15-36(16-4-1)37-27-29-39(30-28-37)55(40-31-32-53-46(33-40)44-21-10-14-26-52(44)58-53)41-34-50-54(45-22-9-13-25-49(45)56(50)38-17-5-2-6-18-38)51(35-41)57-47-23-11-7-19-42(47)43-20-8-12-24-48(43)57/h2*1-35H. The van der Waals surface area contributed by atoms with E-state index in [2.05, 4.69) is 453 Å². The van der Waals surface area contributed by atoms with Crippen LogP contribution in [-0.2, 0) is 0 Å². The second-order valence-electron chi connectivity index (χ2n) is 29.9. The summed E-state index contributed by atoms with van der Waals surface area (Å²) in [4.78, 5) is 4.93. The molecule has 0 saturated carbocycles. The summed E-state index contributed by atoms with van der Waals surface area (Å²) in [5, 5.41) is 15.0. The first-order valence-corrected chi connectivity index (χ1v) is 41.2. The van der Waals surface area contributed by atoms with Crippen LogP contribution in [0.2, 0.25) is 0 Å². The van der Waals surface area contributed by atoms with E-state index in [1.807, 2.05) is 22.7 Å². The average molecular weight is 1520 g/mol. The fourth-order valence-corrected chi connectivity index (χ4v) is 20.6. The number of aromatic nitrogens is 4. The van der Waals surface area contributed by atoms with Crippen molar-refractivity contribution >= 4 is 184 Å². The van der Waals surface area contributed by atoms with Gasteiger partial charge in [-0.05, 0) is 162 Å². The highest BCUT2D eigenvalue weighted by Crippen LogP contribution is 2.51. The van der Waals surface area contributed by atoms with Gasteiger partial charge in [-0.1, -0.05) is 279 Å². The Bertz CT molecular complexity index is 7860. The molecule has 0 spiro atoms. The molecule has 0 atom stereocenters. The van der Waals surface area contributed by atoms with Gasteiger partial charge in [0.2, 0.25) is 0 Å². The summed E-state index contributed by atoms with van der Waals surface area (Å²) in [5.41, 5.74) is 25.2. The van der Waals surface area contributed by atoms with Crippen molar-refractivity contribution in [1.29, 1.82) is 0 Å². The zero-order valence-corrected chi connectivity index (χ0v) is 64.5. The van der Waals surface area contributed by atoms with E-state index in [4.69, 9.17) is 0 Å². The minimum Gasteiger partial charge on any atom is -0.310 e. The average Bonchev–Trinajstić information content (AvgIpc) is 1.57. The fraction of sp³-hybridized carbons (Fsp3) is 0. The highest BCUT2D eigenvalue weighted by Gasteiger charge is 2.28. The topological polar surface area (TPSA) is 26.2 Å². The predicted octanol–water partition coefficient (Wildman–Crippen LogP) is 30.8. The van der Waals surface area contributed by atoms with Crippen molar-refractivity contribution in [2.45, 2.75) is 0 Å². The molecule has 0 radical (unpaired) electrons. The van der Waals surface area contributed by atoms with Crippen molar-refractivity contribution in [3.05, 3.63) is 425 Å². The molecule has 0 unspecified atom stereocenters. The van der Waals surface area contributed by atoms with Gasteiger partial charge in [-0.2, -0.15) is 0 Å². The number of fused-ring (bicyclic) bond motifs is 18. The molecule has 0 fully saturated rings. The highest BCUT2D eigenvalue weighted by molar-refractivity contribution is 7.26. The van der Waals surface area contributed by atoms with Crippen molar-refractivity contribution < 1.29 is 0 Å². The SMILES string of the molecule is c1ccc(-c2ccc(N(c3ccc4sc5ccccc5c4c3)c3cc(-n4c5ccccc5c5ccccc54)c4c5ccccc5n(-c5ccccc5)c4c3)cc2)cc1.c1ccc(-c2ccccc2N(c2ccc3c(c2)sc2ccccc23)c2cc(-n3c4ccccc4c4ccccc43)c3c4ccccc4n(-c4ccccc4)c3c2)cc1. The molecule has 544 valence electrons. The number of thiophene rings is 2. The molecular weight excluding hydrogens is 1450 g/mol. The second kappa shape index (κ2) is 27.5. The van der Waals surface area contributed by atoms with E-state index in [1.54, 1.807) is 0 Å². The number of hydrogen-bond donors (Lipinski definition) is 0. The number of para-hydroxylation sites is 9. The van der Waals surface area contributed by atoms with Crippen LogP contribution >= 0.6 is 22.7 Å². The molecule has 6 nitrogen and oxygen atoms in total. The van der Waals surface area contributed by atoms with E-state index in [0.717, 1.165) is 67.9 Å². The van der Waals surface area contributed by atoms with Crippen LogP contribution in [0.1, 0.15) is 0 Å². The van der Waals surface area contributed by atoms with E-state index in [0.29, 0.717) is 0 Å². The molecule has 6 aromatic heterocycles. The lowest BCUT2D eigenvalue weighted by molar-refractivity contribution is 1.16. The number of anilines is 6. The Morgan fingerprint density at radius 1 is 0.181 bits per heavy atom. The second-order valence-corrected chi connectivity index (χ2v) is 32.0. The van der Waals surface area contributed by atoms with E-state index in [-0.39, 0.29) is 0 Å². The minimum atomic E-state index is 1.08. The van der Waals surface area contributed by atoms with Crippen molar-refractivity contribution in [2.75, 3.05) is 9.80 Å². The van der Waals surface area contributed by atoms with Gasteiger partial charge in [0.15, 0.2) is 0 Å².